The van der Waals surface area contributed by atoms with Gasteiger partial charge in [0.2, 0.25) is 0 Å². The second-order valence-electron chi connectivity index (χ2n) is 3.98. The topological polar surface area (TPSA) is 37.9 Å². The molecule has 1 aromatic heterocycles. The van der Waals surface area contributed by atoms with Crippen LogP contribution in [0.5, 0.6) is 0 Å². The molecular formula is C14H18N2O. The van der Waals surface area contributed by atoms with Crippen LogP contribution in [-0.2, 0) is 24.2 Å². The quantitative estimate of drug-likeness (QED) is 0.775. The van der Waals surface area contributed by atoms with Gasteiger partial charge in [0.05, 0.1) is 18.9 Å². The van der Waals surface area contributed by atoms with E-state index in [9.17, 15) is 0 Å². The minimum Gasteiger partial charge on any atom is -0.376 e. The van der Waals surface area contributed by atoms with E-state index < -0.39 is 0 Å². The number of nitrogens with zero attached hydrogens (tertiary/aromatic N) is 1. The standard InChI is InChI=1S/C14H18N2O/c1-2-13-10-15-14(16-13)8-9-17-11-12-6-4-3-5-7-12/h3-7,10H,2,8-9,11H2,1H3,(H,15,16). The number of rotatable bonds is 6. The average molecular weight is 230 g/mol. The minimum absolute atomic E-state index is 0.669. The van der Waals surface area contributed by atoms with Gasteiger partial charge in [-0.2, -0.15) is 0 Å². The van der Waals surface area contributed by atoms with Crippen LogP contribution in [0.1, 0.15) is 24.0 Å². The predicted octanol–water partition coefficient (Wildman–Crippen LogP) is 2.73. The lowest BCUT2D eigenvalue weighted by molar-refractivity contribution is 0.122. The summed E-state index contributed by atoms with van der Waals surface area (Å²) in [6, 6.07) is 10.2. The second kappa shape index (κ2) is 6.21. The van der Waals surface area contributed by atoms with Crippen LogP contribution in [0, 0.1) is 0 Å². The first kappa shape index (κ1) is 11.9. The van der Waals surface area contributed by atoms with Crippen LogP contribution in [0.25, 0.3) is 0 Å². The fraction of sp³-hybridized carbons (Fsp3) is 0.357. The van der Waals surface area contributed by atoms with E-state index in [2.05, 4.69) is 29.0 Å². The average Bonchev–Trinajstić information content (AvgIpc) is 2.84. The molecule has 0 bridgehead atoms. The third kappa shape index (κ3) is 3.71. The highest BCUT2D eigenvalue weighted by Gasteiger charge is 1.99. The molecule has 0 saturated heterocycles. The van der Waals surface area contributed by atoms with E-state index in [0.29, 0.717) is 13.2 Å². The van der Waals surface area contributed by atoms with Crippen molar-refractivity contribution < 1.29 is 4.74 Å². The van der Waals surface area contributed by atoms with E-state index in [1.54, 1.807) is 0 Å². The van der Waals surface area contributed by atoms with Crippen molar-refractivity contribution in [2.75, 3.05) is 6.61 Å². The second-order valence-corrected chi connectivity index (χ2v) is 3.98. The Morgan fingerprint density at radius 1 is 1.24 bits per heavy atom. The van der Waals surface area contributed by atoms with Crippen LogP contribution in [0.15, 0.2) is 36.5 Å². The minimum atomic E-state index is 0.669. The van der Waals surface area contributed by atoms with Gasteiger partial charge >= 0.3 is 0 Å². The summed E-state index contributed by atoms with van der Waals surface area (Å²) in [5, 5.41) is 0. The Balaban J connectivity index is 1.69. The van der Waals surface area contributed by atoms with Gasteiger partial charge in [0.1, 0.15) is 5.82 Å². The molecule has 2 rings (SSSR count). The number of ether oxygens (including phenoxy) is 1. The monoisotopic (exact) mass is 230 g/mol. The van der Waals surface area contributed by atoms with Gasteiger partial charge in [-0.05, 0) is 12.0 Å². The lowest BCUT2D eigenvalue weighted by Crippen LogP contribution is -2.00. The number of hydrogen-bond donors (Lipinski definition) is 1. The molecule has 17 heavy (non-hydrogen) atoms. The molecule has 0 aliphatic rings. The molecule has 0 saturated carbocycles. The van der Waals surface area contributed by atoms with E-state index in [1.807, 2.05) is 24.4 Å². The van der Waals surface area contributed by atoms with Gasteiger partial charge in [0, 0.05) is 12.6 Å². The Morgan fingerprint density at radius 3 is 2.76 bits per heavy atom. The first-order valence-corrected chi connectivity index (χ1v) is 6.03. The molecule has 1 heterocycles. The summed E-state index contributed by atoms with van der Waals surface area (Å²) in [6.45, 7) is 3.47. The van der Waals surface area contributed by atoms with Crippen LogP contribution in [-0.4, -0.2) is 16.6 Å². The third-order valence-corrected chi connectivity index (χ3v) is 2.64. The molecule has 3 heteroatoms. The molecule has 0 unspecified atom stereocenters. The van der Waals surface area contributed by atoms with Crippen LogP contribution < -0.4 is 0 Å². The maximum Gasteiger partial charge on any atom is 0.108 e. The smallest absolute Gasteiger partial charge is 0.108 e. The number of nitrogens with one attached hydrogen (secondary N) is 1. The highest BCUT2D eigenvalue weighted by atomic mass is 16.5. The van der Waals surface area contributed by atoms with Crippen molar-refractivity contribution >= 4 is 0 Å². The molecule has 1 aromatic carbocycles. The van der Waals surface area contributed by atoms with Crippen molar-refractivity contribution in [3.63, 3.8) is 0 Å². The van der Waals surface area contributed by atoms with Crippen molar-refractivity contribution in [1.82, 2.24) is 9.97 Å². The summed E-state index contributed by atoms with van der Waals surface area (Å²) in [7, 11) is 0. The third-order valence-electron chi connectivity index (χ3n) is 2.64. The first-order chi connectivity index (χ1) is 8.38. The zero-order valence-corrected chi connectivity index (χ0v) is 10.1. The molecule has 1 N–H and O–H groups in total. The van der Waals surface area contributed by atoms with E-state index in [-0.39, 0.29) is 0 Å². The van der Waals surface area contributed by atoms with Gasteiger partial charge in [0.15, 0.2) is 0 Å². The molecule has 0 atom stereocenters. The van der Waals surface area contributed by atoms with Crippen LogP contribution in [0.3, 0.4) is 0 Å². The van der Waals surface area contributed by atoms with E-state index in [1.165, 1.54) is 5.56 Å². The number of aryl methyl sites for hydroxylation is 1. The number of hydrogen-bond acceptors (Lipinski definition) is 2. The van der Waals surface area contributed by atoms with Crippen LogP contribution in [0.4, 0.5) is 0 Å². The summed E-state index contributed by atoms with van der Waals surface area (Å²) in [5.74, 6) is 1.01. The Labute approximate surface area is 102 Å². The summed E-state index contributed by atoms with van der Waals surface area (Å²) in [4.78, 5) is 7.60. The first-order valence-electron chi connectivity index (χ1n) is 6.03. The van der Waals surface area contributed by atoms with Gasteiger partial charge in [-0.1, -0.05) is 37.3 Å². The van der Waals surface area contributed by atoms with Crippen LogP contribution in [0.2, 0.25) is 0 Å². The maximum absolute atomic E-state index is 5.61. The van der Waals surface area contributed by atoms with E-state index in [0.717, 1.165) is 24.4 Å². The number of imidazole rings is 1. The summed E-state index contributed by atoms with van der Waals surface area (Å²) < 4.78 is 5.61. The van der Waals surface area contributed by atoms with Crippen molar-refractivity contribution in [1.29, 1.82) is 0 Å². The van der Waals surface area contributed by atoms with E-state index in [4.69, 9.17) is 4.74 Å². The molecule has 0 aliphatic carbocycles. The molecule has 90 valence electrons. The number of benzene rings is 1. The van der Waals surface area contributed by atoms with Crippen molar-refractivity contribution in [3.05, 3.63) is 53.6 Å². The molecule has 2 aromatic rings. The Morgan fingerprint density at radius 2 is 2.06 bits per heavy atom. The zero-order valence-electron chi connectivity index (χ0n) is 10.1. The van der Waals surface area contributed by atoms with Crippen molar-refractivity contribution in [2.45, 2.75) is 26.4 Å². The molecule has 0 amide bonds. The number of H-pyrrole nitrogens is 1. The number of aromatic nitrogens is 2. The van der Waals surface area contributed by atoms with E-state index >= 15 is 0 Å². The van der Waals surface area contributed by atoms with Gasteiger partial charge in [-0.25, -0.2) is 4.98 Å². The largest absolute Gasteiger partial charge is 0.376 e. The normalized spacial score (nSPS) is 10.6. The fourth-order valence-corrected chi connectivity index (χ4v) is 1.65. The lowest BCUT2D eigenvalue weighted by Gasteiger charge is -2.02. The Hall–Kier alpha value is -1.61. The van der Waals surface area contributed by atoms with Gasteiger partial charge in [0.25, 0.3) is 0 Å². The Bertz CT molecular complexity index is 436. The lowest BCUT2D eigenvalue weighted by atomic mass is 10.2. The molecular weight excluding hydrogens is 212 g/mol. The van der Waals surface area contributed by atoms with Crippen molar-refractivity contribution in [3.8, 4) is 0 Å². The van der Waals surface area contributed by atoms with Gasteiger partial charge in [-0.3, -0.25) is 0 Å². The number of aromatic amines is 1. The summed E-state index contributed by atoms with van der Waals surface area (Å²) in [5.41, 5.74) is 2.32. The molecule has 0 spiro atoms. The Kier molecular flexibility index (Phi) is 4.33. The molecule has 0 fully saturated rings. The highest BCUT2D eigenvalue weighted by molar-refractivity contribution is 5.13. The predicted molar refractivity (Wildman–Crippen MR) is 67.8 cm³/mol. The van der Waals surface area contributed by atoms with Crippen LogP contribution >= 0.6 is 0 Å². The van der Waals surface area contributed by atoms with Crippen molar-refractivity contribution in [2.24, 2.45) is 0 Å². The van der Waals surface area contributed by atoms with Gasteiger partial charge in [-0.15, -0.1) is 0 Å². The molecule has 3 nitrogen and oxygen atoms in total. The SMILES string of the molecule is CCc1c[nH]c(CCOCc2ccccc2)n1. The van der Waals surface area contributed by atoms with Gasteiger partial charge < -0.3 is 9.72 Å². The highest BCUT2D eigenvalue weighted by Crippen LogP contribution is 2.02. The zero-order chi connectivity index (χ0) is 11.9. The summed E-state index contributed by atoms with van der Waals surface area (Å²) >= 11 is 0. The fourth-order valence-electron chi connectivity index (χ4n) is 1.65. The molecule has 0 radical (unpaired) electrons. The summed E-state index contributed by atoms with van der Waals surface area (Å²) in [6.07, 6.45) is 3.78. The molecule has 0 aliphatic heterocycles. The maximum atomic E-state index is 5.61.